The number of anilines is 1. The van der Waals surface area contributed by atoms with Crippen molar-refractivity contribution in [1.29, 1.82) is 0 Å². The maximum absolute atomic E-state index is 13.6. The molecule has 0 aromatic heterocycles. The molecule has 2 aromatic rings. The highest BCUT2D eigenvalue weighted by molar-refractivity contribution is 8.03. The Bertz CT molecular complexity index is 1000. The molecule has 2 heterocycles. The smallest absolute Gasteiger partial charge is 0.236 e. The van der Waals surface area contributed by atoms with Crippen molar-refractivity contribution in [3.8, 4) is 0 Å². The second-order valence-electron chi connectivity index (χ2n) is 8.75. The van der Waals surface area contributed by atoms with Gasteiger partial charge in [0.05, 0.1) is 17.1 Å². The predicted octanol–water partition coefficient (Wildman–Crippen LogP) is 4.06. The van der Waals surface area contributed by atoms with Crippen molar-refractivity contribution < 1.29 is 9.18 Å². The number of carbonyl (C=O) groups excluding carboxylic acids is 1. The summed E-state index contributed by atoms with van der Waals surface area (Å²) in [6, 6.07) is 13.1. The van der Waals surface area contributed by atoms with E-state index in [2.05, 4.69) is 61.9 Å². The number of fused-ring (bicyclic) bond motifs is 1. The molecule has 2 aliphatic rings. The Morgan fingerprint density at radius 2 is 1.77 bits per heavy atom. The van der Waals surface area contributed by atoms with Crippen LogP contribution in [0.5, 0.6) is 0 Å². The average Bonchev–Trinajstić information content (AvgIpc) is 3.07. The number of rotatable bonds is 4. The van der Waals surface area contributed by atoms with Gasteiger partial charge in [0.1, 0.15) is 12.0 Å². The average molecular weight is 441 g/mol. The number of nitrogens with two attached hydrogens (primary N) is 1. The summed E-state index contributed by atoms with van der Waals surface area (Å²) in [6.45, 7) is 9.67. The summed E-state index contributed by atoms with van der Waals surface area (Å²) in [7, 11) is 0. The van der Waals surface area contributed by atoms with Crippen LogP contribution in [0.2, 0.25) is 0 Å². The summed E-state index contributed by atoms with van der Waals surface area (Å²) in [5, 5.41) is 1.12. The summed E-state index contributed by atoms with van der Waals surface area (Å²) in [5.41, 5.74) is 8.56. The van der Waals surface area contributed by atoms with Gasteiger partial charge in [-0.05, 0) is 75.2 Å². The molecule has 7 heteroatoms. The maximum atomic E-state index is 13.6. The van der Waals surface area contributed by atoms with Gasteiger partial charge < -0.3 is 20.4 Å². The molecule has 2 aliphatic heterocycles. The van der Waals surface area contributed by atoms with E-state index in [9.17, 15) is 9.18 Å². The van der Waals surface area contributed by atoms with Crippen LogP contribution in [0, 0.1) is 19.7 Å². The van der Waals surface area contributed by atoms with Gasteiger partial charge in [0, 0.05) is 29.9 Å². The van der Waals surface area contributed by atoms with Gasteiger partial charge in [-0.2, -0.15) is 0 Å². The molecule has 4 rings (SSSR count). The molecule has 1 amide bonds. The number of thioether (sulfide) groups is 1. The van der Waals surface area contributed by atoms with Crippen LogP contribution >= 0.6 is 11.8 Å². The molecular weight excluding hydrogens is 411 g/mol. The minimum absolute atomic E-state index is 0.00962. The fourth-order valence-corrected chi connectivity index (χ4v) is 5.91. The Labute approximate surface area is 187 Å². The van der Waals surface area contributed by atoms with Gasteiger partial charge in [-0.15, -0.1) is 0 Å². The number of piperazine rings is 1. The van der Waals surface area contributed by atoms with E-state index >= 15 is 0 Å². The summed E-state index contributed by atoms with van der Waals surface area (Å²) in [5.74, 6) is -0.324. The molecule has 1 saturated heterocycles. The van der Waals surface area contributed by atoms with Gasteiger partial charge in [-0.3, -0.25) is 4.79 Å². The highest BCUT2D eigenvalue weighted by Gasteiger charge is 2.51. The second kappa shape index (κ2) is 8.20. The van der Waals surface area contributed by atoms with Crippen LogP contribution in [0.1, 0.15) is 25.0 Å². The summed E-state index contributed by atoms with van der Waals surface area (Å²) in [4.78, 5) is 20.2. The lowest BCUT2D eigenvalue weighted by Crippen LogP contribution is -2.69. The third-order valence-corrected chi connectivity index (χ3v) is 7.02. The molecule has 0 radical (unpaired) electrons. The Kier molecular flexibility index (Phi) is 5.75. The summed E-state index contributed by atoms with van der Waals surface area (Å²) >= 11 is 1.73. The molecule has 0 aliphatic carbocycles. The SMILES string of the molecule is Cc1cc(C)cc(SC2=CN(c3ccc(F)cc3)C3N2CCN(C(=O)CN)C3(C)C)c1. The van der Waals surface area contributed by atoms with Crippen LogP contribution < -0.4 is 10.6 Å². The second-order valence-corrected chi connectivity index (χ2v) is 9.84. The molecule has 0 spiro atoms. The third-order valence-electron chi connectivity index (χ3n) is 6.00. The first kappa shape index (κ1) is 21.7. The normalized spacial score (nSPS) is 20.0. The van der Waals surface area contributed by atoms with Crippen molar-refractivity contribution >= 4 is 23.4 Å². The number of amides is 1. The van der Waals surface area contributed by atoms with Gasteiger partial charge in [0.2, 0.25) is 5.91 Å². The van der Waals surface area contributed by atoms with Crippen molar-refractivity contribution in [3.63, 3.8) is 0 Å². The largest absolute Gasteiger partial charge is 0.340 e. The number of halogens is 1. The van der Waals surface area contributed by atoms with Crippen LogP contribution in [-0.2, 0) is 4.79 Å². The summed E-state index contributed by atoms with van der Waals surface area (Å²) < 4.78 is 13.6. The number of hydrogen-bond donors (Lipinski definition) is 1. The van der Waals surface area contributed by atoms with E-state index in [1.807, 2.05) is 4.90 Å². The molecule has 1 unspecified atom stereocenters. The third kappa shape index (κ3) is 4.04. The molecule has 2 aromatic carbocycles. The standard InChI is InChI=1S/C24H29FN4OS/c1-16-11-17(2)13-20(12-16)31-22-15-28(19-7-5-18(25)6-8-19)23-24(3,4)29(21(30)14-26)10-9-27(22)23/h5-8,11-13,15,23H,9-10,14,26H2,1-4H3. The minimum atomic E-state index is -0.496. The van der Waals surface area contributed by atoms with E-state index in [0.29, 0.717) is 13.1 Å². The quantitative estimate of drug-likeness (QED) is 0.777. The Morgan fingerprint density at radius 1 is 1.13 bits per heavy atom. The first-order valence-electron chi connectivity index (χ1n) is 10.5. The van der Waals surface area contributed by atoms with Gasteiger partial charge >= 0.3 is 0 Å². The van der Waals surface area contributed by atoms with E-state index < -0.39 is 5.54 Å². The van der Waals surface area contributed by atoms with E-state index in [4.69, 9.17) is 5.73 Å². The number of aryl methyl sites for hydroxylation is 2. The van der Waals surface area contributed by atoms with Crippen LogP contribution in [0.3, 0.4) is 0 Å². The molecule has 2 N–H and O–H groups in total. The topological polar surface area (TPSA) is 52.8 Å². The Morgan fingerprint density at radius 3 is 2.39 bits per heavy atom. The zero-order valence-corrected chi connectivity index (χ0v) is 19.2. The van der Waals surface area contributed by atoms with Gasteiger partial charge in [-0.1, -0.05) is 17.8 Å². The highest BCUT2D eigenvalue weighted by Crippen LogP contribution is 2.44. The van der Waals surface area contributed by atoms with Crippen LogP contribution in [0.4, 0.5) is 10.1 Å². The molecule has 31 heavy (non-hydrogen) atoms. The highest BCUT2D eigenvalue weighted by atomic mass is 32.2. The van der Waals surface area contributed by atoms with E-state index in [1.165, 1.54) is 28.2 Å². The van der Waals surface area contributed by atoms with Gasteiger partial charge in [0.15, 0.2) is 0 Å². The molecular formula is C24H29FN4OS. The monoisotopic (exact) mass is 440 g/mol. The van der Waals surface area contributed by atoms with E-state index in [0.717, 1.165) is 10.7 Å². The number of benzene rings is 2. The van der Waals surface area contributed by atoms with Crippen LogP contribution in [-0.4, -0.2) is 47.0 Å². The lowest BCUT2D eigenvalue weighted by molar-refractivity contribution is -0.140. The first-order chi connectivity index (χ1) is 14.7. The minimum Gasteiger partial charge on any atom is -0.340 e. The zero-order valence-electron chi connectivity index (χ0n) is 18.4. The van der Waals surface area contributed by atoms with E-state index in [-0.39, 0.29) is 24.4 Å². The van der Waals surface area contributed by atoms with Crippen molar-refractivity contribution in [1.82, 2.24) is 9.80 Å². The molecule has 0 saturated carbocycles. The number of carbonyl (C=O) groups is 1. The zero-order chi connectivity index (χ0) is 22.3. The summed E-state index contributed by atoms with van der Waals surface area (Å²) in [6.07, 6.45) is 2.01. The molecule has 5 nitrogen and oxygen atoms in total. The lowest BCUT2D eigenvalue weighted by Gasteiger charge is -2.53. The van der Waals surface area contributed by atoms with E-state index in [1.54, 1.807) is 23.9 Å². The van der Waals surface area contributed by atoms with Crippen molar-refractivity contribution in [2.75, 3.05) is 24.5 Å². The Hall–Kier alpha value is -2.51. The first-order valence-corrected chi connectivity index (χ1v) is 11.3. The molecule has 1 atom stereocenters. The fraction of sp³-hybridized carbons (Fsp3) is 0.375. The van der Waals surface area contributed by atoms with Crippen molar-refractivity contribution in [2.24, 2.45) is 5.73 Å². The van der Waals surface area contributed by atoms with Crippen molar-refractivity contribution in [3.05, 3.63) is 70.6 Å². The molecule has 164 valence electrons. The maximum Gasteiger partial charge on any atom is 0.236 e. The van der Waals surface area contributed by atoms with Gasteiger partial charge in [0.25, 0.3) is 0 Å². The predicted molar refractivity (Wildman–Crippen MR) is 124 cm³/mol. The van der Waals surface area contributed by atoms with Gasteiger partial charge in [-0.25, -0.2) is 4.39 Å². The number of hydrogen-bond acceptors (Lipinski definition) is 5. The number of nitrogens with zero attached hydrogens (tertiary/aromatic N) is 3. The molecule has 0 bridgehead atoms. The lowest BCUT2D eigenvalue weighted by atomic mass is 9.93. The van der Waals surface area contributed by atoms with Crippen molar-refractivity contribution in [2.45, 2.75) is 44.3 Å². The fourth-order valence-electron chi connectivity index (χ4n) is 4.71. The molecule has 1 fully saturated rings. The Balaban J connectivity index is 1.74. The van der Waals surface area contributed by atoms with Crippen LogP contribution in [0.25, 0.3) is 0 Å². The van der Waals surface area contributed by atoms with Crippen LogP contribution in [0.15, 0.2) is 58.6 Å².